The van der Waals surface area contributed by atoms with Crippen molar-refractivity contribution in [2.75, 3.05) is 27.3 Å². The monoisotopic (exact) mass is 362 g/mol. The van der Waals surface area contributed by atoms with E-state index in [1.54, 1.807) is 14.2 Å². The van der Waals surface area contributed by atoms with Crippen molar-refractivity contribution in [3.05, 3.63) is 11.4 Å². The van der Waals surface area contributed by atoms with E-state index in [0.717, 1.165) is 30.3 Å². The van der Waals surface area contributed by atoms with Gasteiger partial charge in [-0.1, -0.05) is 18.8 Å². The number of hydrogen-bond donors (Lipinski definition) is 0. The zero-order chi connectivity index (χ0) is 19.2. The Morgan fingerprint density at radius 1 is 1.27 bits per heavy atom. The summed E-state index contributed by atoms with van der Waals surface area (Å²) in [5.74, 6) is 1.26. The van der Waals surface area contributed by atoms with E-state index in [2.05, 4.69) is 9.56 Å². The van der Waals surface area contributed by atoms with Gasteiger partial charge in [0.25, 0.3) is 5.91 Å². The lowest BCUT2D eigenvalue weighted by Gasteiger charge is -2.34. The predicted molar refractivity (Wildman–Crippen MR) is 96.4 cm³/mol. The number of methoxy groups -OCH3 is 1. The van der Waals surface area contributed by atoms with Gasteiger partial charge in [0.1, 0.15) is 11.4 Å². The Morgan fingerprint density at radius 3 is 2.58 bits per heavy atom. The summed E-state index contributed by atoms with van der Waals surface area (Å²) in [6.07, 6.45) is 0.857. The highest BCUT2D eigenvalue weighted by Crippen LogP contribution is 2.35. The number of ether oxygens (including phenoxy) is 1. The van der Waals surface area contributed by atoms with E-state index in [-0.39, 0.29) is 17.9 Å². The number of amides is 3. The second-order valence-corrected chi connectivity index (χ2v) is 7.40. The van der Waals surface area contributed by atoms with Crippen LogP contribution in [-0.2, 0) is 16.1 Å². The first-order valence-electron chi connectivity index (χ1n) is 9.07. The predicted octanol–water partition coefficient (Wildman–Crippen LogP) is 1.56. The molecular formula is C18H28N5O3+. The molecule has 142 valence electrons. The Hall–Kier alpha value is -2.22. The molecule has 0 radical (unpaired) electrons. The average molecular weight is 362 g/mol. The van der Waals surface area contributed by atoms with Crippen LogP contribution in [0.2, 0.25) is 0 Å². The highest BCUT2D eigenvalue weighted by atomic mass is 16.5. The van der Waals surface area contributed by atoms with Crippen molar-refractivity contribution in [3.63, 3.8) is 0 Å². The van der Waals surface area contributed by atoms with E-state index < -0.39 is 6.04 Å². The third-order valence-corrected chi connectivity index (χ3v) is 5.10. The second-order valence-electron chi connectivity index (χ2n) is 7.40. The maximum atomic E-state index is 13.1. The van der Waals surface area contributed by atoms with E-state index in [0.29, 0.717) is 19.0 Å². The number of nitrogens with zero attached hydrogens (tertiary/aromatic N) is 5. The summed E-state index contributed by atoms with van der Waals surface area (Å²) in [6.45, 7) is 9.87. The molecule has 1 fully saturated rings. The van der Waals surface area contributed by atoms with Crippen LogP contribution in [0, 0.1) is 19.8 Å². The number of carbonyl (C=O) groups excluding carboxylic acids is 2. The van der Waals surface area contributed by atoms with Crippen molar-refractivity contribution < 1.29 is 18.9 Å². The fourth-order valence-electron chi connectivity index (χ4n) is 3.67. The van der Waals surface area contributed by atoms with Crippen molar-refractivity contribution in [1.29, 1.82) is 0 Å². The van der Waals surface area contributed by atoms with Gasteiger partial charge >= 0.3 is 12.0 Å². The van der Waals surface area contributed by atoms with Crippen LogP contribution < -0.4 is 4.57 Å². The molecule has 8 heteroatoms. The summed E-state index contributed by atoms with van der Waals surface area (Å²) < 4.78 is 9.23. The topological polar surface area (TPSA) is 71.0 Å². The smallest absolute Gasteiger partial charge is 0.385 e. The van der Waals surface area contributed by atoms with E-state index in [9.17, 15) is 9.59 Å². The van der Waals surface area contributed by atoms with E-state index >= 15 is 0 Å². The number of urea groups is 1. The van der Waals surface area contributed by atoms with Crippen LogP contribution in [0.5, 0.6) is 0 Å². The lowest BCUT2D eigenvalue weighted by Crippen LogP contribution is -2.58. The van der Waals surface area contributed by atoms with Gasteiger partial charge in [0.2, 0.25) is 11.9 Å². The molecule has 0 bridgehead atoms. The Labute approximate surface area is 154 Å². The van der Waals surface area contributed by atoms with Gasteiger partial charge < -0.3 is 4.74 Å². The molecule has 1 aromatic heterocycles. The molecule has 1 unspecified atom stereocenters. The number of rotatable bonds is 6. The van der Waals surface area contributed by atoms with Crippen molar-refractivity contribution in [2.24, 2.45) is 10.9 Å². The molecule has 2 aliphatic heterocycles. The number of hydrogen-bond acceptors (Lipinski definition) is 4. The van der Waals surface area contributed by atoms with Gasteiger partial charge in [0.15, 0.2) is 0 Å². The summed E-state index contributed by atoms with van der Waals surface area (Å²) in [6, 6.07) is -0.862. The van der Waals surface area contributed by atoms with Gasteiger partial charge in [0, 0.05) is 33.7 Å². The lowest BCUT2D eigenvalue weighted by molar-refractivity contribution is -0.689. The fourth-order valence-corrected chi connectivity index (χ4v) is 3.67. The van der Waals surface area contributed by atoms with Gasteiger partial charge in [-0.05, 0) is 19.8 Å². The standard InChI is InChI=1S/C18H28N5O3/c1-11(2)10-22-16(24)14-15(20(5)18(22)25)19-17-21(8-7-9-26-6)12(3)13(4)23(14)17/h11,14H,7-10H2,1-6H3/q+1. The Bertz CT molecular complexity index is 780. The maximum Gasteiger partial charge on any atom is 0.402 e. The number of amidine groups is 1. The molecule has 8 nitrogen and oxygen atoms in total. The van der Waals surface area contributed by atoms with Gasteiger partial charge in [-0.15, -0.1) is 0 Å². The largest absolute Gasteiger partial charge is 0.402 e. The molecule has 3 amide bonds. The Balaban J connectivity index is 2.03. The summed E-state index contributed by atoms with van der Waals surface area (Å²) in [7, 11) is 3.38. The number of imide groups is 1. The molecule has 0 N–H and O–H groups in total. The molecule has 0 saturated carbocycles. The van der Waals surface area contributed by atoms with Gasteiger partial charge in [0.05, 0.1) is 6.54 Å². The molecule has 1 atom stereocenters. The Kier molecular flexibility index (Phi) is 4.88. The van der Waals surface area contributed by atoms with Crippen molar-refractivity contribution >= 4 is 23.7 Å². The average Bonchev–Trinajstić information content (AvgIpc) is 3.08. The number of imidazole rings is 1. The quantitative estimate of drug-likeness (QED) is 0.570. The van der Waals surface area contributed by atoms with Crippen molar-refractivity contribution in [1.82, 2.24) is 14.4 Å². The molecule has 26 heavy (non-hydrogen) atoms. The molecule has 3 heterocycles. The normalized spacial score (nSPS) is 19.3. The van der Waals surface area contributed by atoms with Crippen LogP contribution >= 0.6 is 0 Å². The van der Waals surface area contributed by atoms with Crippen LogP contribution in [0.25, 0.3) is 0 Å². The molecule has 0 spiro atoms. The second kappa shape index (κ2) is 6.83. The van der Waals surface area contributed by atoms with E-state index in [1.807, 2.05) is 32.3 Å². The Morgan fingerprint density at radius 2 is 1.96 bits per heavy atom. The zero-order valence-electron chi connectivity index (χ0n) is 16.4. The number of carbonyl (C=O) groups is 2. The molecule has 3 rings (SSSR count). The molecule has 0 aliphatic carbocycles. The summed E-state index contributed by atoms with van der Waals surface area (Å²) in [5.41, 5.74) is 2.09. The SMILES string of the molecule is COCCC[n+]1c(C)c(C)n2c1N=C1C2C(=O)N(CC(C)C)C(=O)N1C. The van der Waals surface area contributed by atoms with Crippen LogP contribution in [0.4, 0.5) is 10.7 Å². The summed E-state index contributed by atoms with van der Waals surface area (Å²) in [4.78, 5) is 33.3. The fraction of sp³-hybridized carbons (Fsp3) is 0.667. The first-order valence-corrected chi connectivity index (χ1v) is 9.07. The zero-order valence-corrected chi connectivity index (χ0v) is 16.4. The van der Waals surface area contributed by atoms with E-state index in [4.69, 9.17) is 4.74 Å². The highest BCUT2D eigenvalue weighted by Gasteiger charge is 2.54. The molecule has 1 aromatic rings. The molecule has 2 aliphatic rings. The highest BCUT2D eigenvalue weighted by molar-refractivity contribution is 6.20. The summed E-state index contributed by atoms with van der Waals surface area (Å²) >= 11 is 0. The third kappa shape index (κ3) is 2.72. The summed E-state index contributed by atoms with van der Waals surface area (Å²) in [5, 5.41) is 0. The first kappa shape index (κ1) is 18.6. The first-order chi connectivity index (χ1) is 12.3. The van der Waals surface area contributed by atoms with Crippen molar-refractivity contribution in [2.45, 2.75) is 46.7 Å². The maximum absolute atomic E-state index is 13.1. The van der Waals surface area contributed by atoms with Crippen molar-refractivity contribution in [3.8, 4) is 0 Å². The number of aromatic nitrogens is 2. The minimum Gasteiger partial charge on any atom is -0.385 e. The minimum atomic E-state index is -0.561. The van der Waals surface area contributed by atoms with Gasteiger partial charge in [-0.25, -0.2) is 13.9 Å². The third-order valence-electron chi connectivity index (χ3n) is 5.10. The van der Waals surface area contributed by atoms with Gasteiger partial charge in [-0.3, -0.25) is 14.6 Å². The van der Waals surface area contributed by atoms with Crippen LogP contribution in [0.1, 0.15) is 37.7 Å². The number of likely N-dealkylation sites (N-methyl/N-ethyl adjacent to an activating group) is 1. The number of aliphatic imine (C=N–C) groups is 1. The minimum absolute atomic E-state index is 0.193. The van der Waals surface area contributed by atoms with Crippen LogP contribution in [0.15, 0.2) is 4.99 Å². The van der Waals surface area contributed by atoms with E-state index in [1.165, 1.54) is 9.80 Å². The molecular weight excluding hydrogens is 334 g/mol. The van der Waals surface area contributed by atoms with Gasteiger partial charge in [-0.2, -0.15) is 0 Å². The lowest BCUT2D eigenvalue weighted by atomic mass is 10.1. The molecule has 1 saturated heterocycles. The van der Waals surface area contributed by atoms with Crippen LogP contribution in [0.3, 0.4) is 0 Å². The van der Waals surface area contributed by atoms with Crippen LogP contribution in [-0.4, -0.2) is 59.4 Å². The molecule has 0 aromatic carbocycles. The number of fused-ring (bicyclic) bond motifs is 3.